The molecule has 0 aromatic heterocycles. The van der Waals surface area contributed by atoms with Gasteiger partial charge in [0.15, 0.2) is 0 Å². The van der Waals surface area contributed by atoms with E-state index in [0.29, 0.717) is 24.3 Å². The third-order valence-corrected chi connectivity index (χ3v) is 7.68. The second kappa shape index (κ2) is 10.9. The van der Waals surface area contributed by atoms with Crippen LogP contribution in [0.4, 0.5) is 5.69 Å². The van der Waals surface area contributed by atoms with Gasteiger partial charge in [0.1, 0.15) is 0 Å². The van der Waals surface area contributed by atoms with Gasteiger partial charge in [-0.2, -0.15) is 4.31 Å². The Hall–Kier alpha value is -2.22. The third kappa shape index (κ3) is 6.15. The first kappa shape index (κ1) is 23.4. The molecule has 2 aromatic rings. The van der Waals surface area contributed by atoms with Crippen molar-refractivity contribution < 1.29 is 13.2 Å². The van der Waals surface area contributed by atoms with Gasteiger partial charge in [0, 0.05) is 30.9 Å². The molecule has 0 unspecified atom stereocenters. The summed E-state index contributed by atoms with van der Waals surface area (Å²) in [5, 5.41) is 2.91. The fourth-order valence-electron chi connectivity index (χ4n) is 3.89. The van der Waals surface area contributed by atoms with Crippen LogP contribution < -0.4 is 5.32 Å². The molecule has 0 spiro atoms. The van der Waals surface area contributed by atoms with E-state index in [2.05, 4.69) is 24.1 Å². The number of hydrogen-bond acceptors (Lipinski definition) is 4. The first-order chi connectivity index (χ1) is 14.9. The highest BCUT2D eigenvalue weighted by Crippen LogP contribution is 2.22. The number of amides is 1. The Morgan fingerprint density at radius 1 is 0.968 bits per heavy atom. The molecule has 0 saturated carbocycles. The standard InChI is InChI=1S/C24H33N3O3S/c1-3-26(4-2)19-20-11-9-13-22(17-20)25-24(28)21-12-10-14-23(18-21)31(29,30)27-15-7-5-6-8-16-27/h9-14,17-18H,3-8,15-16,19H2,1-2H3,(H,25,28). The number of anilines is 1. The molecule has 1 fully saturated rings. The molecular formula is C24H33N3O3S. The molecule has 7 heteroatoms. The van der Waals surface area contributed by atoms with Gasteiger partial charge in [-0.05, 0) is 61.8 Å². The summed E-state index contributed by atoms with van der Waals surface area (Å²) in [6.07, 6.45) is 3.87. The molecule has 1 aliphatic rings. The zero-order valence-corrected chi connectivity index (χ0v) is 19.3. The molecule has 0 radical (unpaired) electrons. The SMILES string of the molecule is CCN(CC)Cc1cccc(NC(=O)c2cccc(S(=O)(=O)N3CCCCCC3)c2)c1. The highest BCUT2D eigenvalue weighted by Gasteiger charge is 2.25. The fraction of sp³-hybridized carbons (Fsp3) is 0.458. The van der Waals surface area contributed by atoms with Crippen molar-refractivity contribution in [3.05, 3.63) is 59.7 Å². The number of nitrogens with one attached hydrogen (secondary N) is 1. The number of carbonyl (C=O) groups excluding carboxylic acids is 1. The summed E-state index contributed by atoms with van der Waals surface area (Å²) in [7, 11) is -3.59. The predicted octanol–water partition coefficient (Wildman–Crippen LogP) is 4.35. The van der Waals surface area contributed by atoms with E-state index in [1.165, 1.54) is 6.07 Å². The smallest absolute Gasteiger partial charge is 0.255 e. The topological polar surface area (TPSA) is 69.7 Å². The van der Waals surface area contributed by atoms with Crippen LogP contribution in [-0.4, -0.2) is 49.7 Å². The van der Waals surface area contributed by atoms with Gasteiger partial charge >= 0.3 is 0 Å². The maximum atomic E-state index is 13.1. The summed E-state index contributed by atoms with van der Waals surface area (Å²) >= 11 is 0. The van der Waals surface area contributed by atoms with E-state index in [4.69, 9.17) is 0 Å². The zero-order valence-electron chi connectivity index (χ0n) is 18.5. The van der Waals surface area contributed by atoms with Gasteiger partial charge in [0.05, 0.1) is 4.90 Å². The molecule has 1 amide bonds. The second-order valence-corrected chi connectivity index (χ2v) is 9.90. The highest BCUT2D eigenvalue weighted by atomic mass is 32.2. The molecule has 168 valence electrons. The second-order valence-electron chi connectivity index (χ2n) is 7.96. The van der Waals surface area contributed by atoms with E-state index in [-0.39, 0.29) is 10.8 Å². The van der Waals surface area contributed by atoms with Gasteiger partial charge in [-0.1, -0.05) is 44.9 Å². The molecular weight excluding hydrogens is 410 g/mol. The minimum atomic E-state index is -3.59. The van der Waals surface area contributed by atoms with E-state index in [9.17, 15) is 13.2 Å². The minimum Gasteiger partial charge on any atom is -0.322 e. The van der Waals surface area contributed by atoms with E-state index in [0.717, 1.165) is 50.9 Å². The largest absolute Gasteiger partial charge is 0.322 e. The van der Waals surface area contributed by atoms with Crippen molar-refractivity contribution in [2.75, 3.05) is 31.5 Å². The van der Waals surface area contributed by atoms with E-state index in [1.807, 2.05) is 24.3 Å². The summed E-state index contributed by atoms with van der Waals surface area (Å²) in [4.78, 5) is 15.3. The van der Waals surface area contributed by atoms with Crippen molar-refractivity contribution >= 4 is 21.6 Å². The molecule has 1 aliphatic heterocycles. The van der Waals surface area contributed by atoms with Gasteiger partial charge in [0.25, 0.3) is 5.91 Å². The Bertz CT molecular complexity index is 979. The number of hydrogen-bond donors (Lipinski definition) is 1. The van der Waals surface area contributed by atoms with Crippen molar-refractivity contribution in [3.63, 3.8) is 0 Å². The quantitative estimate of drug-likeness (QED) is 0.659. The van der Waals surface area contributed by atoms with Crippen LogP contribution in [0, 0.1) is 0 Å². The normalized spacial score (nSPS) is 15.6. The summed E-state index contributed by atoms with van der Waals surface area (Å²) in [5.41, 5.74) is 2.17. The van der Waals surface area contributed by atoms with Crippen LogP contribution in [0.15, 0.2) is 53.4 Å². The number of benzene rings is 2. The monoisotopic (exact) mass is 443 g/mol. The number of nitrogens with zero attached hydrogens (tertiary/aromatic N) is 2. The number of sulfonamides is 1. The Morgan fingerprint density at radius 3 is 2.32 bits per heavy atom. The first-order valence-corrected chi connectivity index (χ1v) is 12.6. The molecule has 2 aromatic carbocycles. The average Bonchev–Trinajstić information content (AvgIpc) is 3.08. The maximum absolute atomic E-state index is 13.1. The molecule has 3 rings (SSSR count). The van der Waals surface area contributed by atoms with Crippen LogP contribution in [0.1, 0.15) is 55.5 Å². The van der Waals surface area contributed by atoms with Crippen LogP contribution >= 0.6 is 0 Å². The van der Waals surface area contributed by atoms with Crippen molar-refractivity contribution in [2.45, 2.75) is 51.0 Å². The Morgan fingerprint density at radius 2 is 1.65 bits per heavy atom. The van der Waals surface area contributed by atoms with Crippen molar-refractivity contribution in [2.24, 2.45) is 0 Å². The molecule has 31 heavy (non-hydrogen) atoms. The lowest BCUT2D eigenvalue weighted by molar-refractivity contribution is 0.102. The predicted molar refractivity (Wildman–Crippen MR) is 125 cm³/mol. The fourth-order valence-corrected chi connectivity index (χ4v) is 5.45. The zero-order chi connectivity index (χ0) is 22.3. The summed E-state index contributed by atoms with van der Waals surface area (Å²) in [5.74, 6) is -0.312. The van der Waals surface area contributed by atoms with Crippen molar-refractivity contribution in [1.82, 2.24) is 9.21 Å². The Kier molecular flexibility index (Phi) is 8.23. The van der Waals surface area contributed by atoms with Crippen molar-refractivity contribution in [1.29, 1.82) is 0 Å². The molecule has 1 N–H and O–H groups in total. The van der Waals surface area contributed by atoms with Gasteiger partial charge < -0.3 is 5.32 Å². The summed E-state index contributed by atoms with van der Waals surface area (Å²) < 4.78 is 27.7. The molecule has 0 bridgehead atoms. The lowest BCUT2D eigenvalue weighted by Crippen LogP contribution is -2.32. The summed E-state index contributed by atoms with van der Waals surface area (Å²) in [6.45, 7) is 8.08. The van der Waals surface area contributed by atoms with Crippen molar-refractivity contribution in [3.8, 4) is 0 Å². The first-order valence-electron chi connectivity index (χ1n) is 11.2. The lowest BCUT2D eigenvalue weighted by atomic mass is 10.1. The Balaban J connectivity index is 1.75. The highest BCUT2D eigenvalue weighted by molar-refractivity contribution is 7.89. The van der Waals surface area contributed by atoms with E-state index >= 15 is 0 Å². The minimum absolute atomic E-state index is 0.178. The average molecular weight is 444 g/mol. The van der Waals surface area contributed by atoms with Crippen LogP contribution in [0.2, 0.25) is 0 Å². The summed E-state index contributed by atoms with van der Waals surface area (Å²) in [6, 6.07) is 14.1. The molecule has 0 aliphatic carbocycles. The lowest BCUT2D eigenvalue weighted by Gasteiger charge is -2.20. The van der Waals surface area contributed by atoms with Gasteiger partial charge in [-0.25, -0.2) is 8.42 Å². The van der Waals surface area contributed by atoms with Gasteiger partial charge in [-0.15, -0.1) is 0 Å². The molecule has 1 saturated heterocycles. The van der Waals surface area contributed by atoms with Crippen LogP contribution in [0.3, 0.4) is 0 Å². The third-order valence-electron chi connectivity index (χ3n) is 5.78. The number of rotatable bonds is 8. The van der Waals surface area contributed by atoms with Crippen LogP contribution in [0.5, 0.6) is 0 Å². The molecule has 6 nitrogen and oxygen atoms in total. The van der Waals surface area contributed by atoms with E-state index in [1.54, 1.807) is 22.5 Å². The van der Waals surface area contributed by atoms with E-state index < -0.39 is 10.0 Å². The van der Waals surface area contributed by atoms with Gasteiger partial charge in [0.2, 0.25) is 10.0 Å². The molecule has 1 heterocycles. The molecule has 0 atom stereocenters. The maximum Gasteiger partial charge on any atom is 0.255 e. The number of carbonyl (C=O) groups is 1. The Labute approximate surface area is 186 Å². The van der Waals surface area contributed by atoms with Gasteiger partial charge in [-0.3, -0.25) is 9.69 Å². The van der Waals surface area contributed by atoms with Crippen LogP contribution in [0.25, 0.3) is 0 Å². The van der Waals surface area contributed by atoms with Crippen LogP contribution in [-0.2, 0) is 16.6 Å².